The van der Waals surface area contributed by atoms with Crippen LogP contribution in [0, 0.1) is 5.92 Å². The average Bonchev–Trinajstić information content (AvgIpc) is 2.60. The first-order valence-electron chi connectivity index (χ1n) is 6.39. The number of nitrogens with zero attached hydrogens (tertiary/aromatic N) is 1. The molecule has 2 aliphatic heterocycles. The maximum atomic E-state index is 11.1. The van der Waals surface area contributed by atoms with Crippen LogP contribution in [0.4, 0.5) is 0 Å². The van der Waals surface area contributed by atoms with Crippen molar-refractivity contribution >= 4 is 33.5 Å². The molecule has 2 heterocycles. The highest BCUT2D eigenvalue weighted by Gasteiger charge is 2.29. The Labute approximate surface area is 119 Å². The second-order valence-electron chi connectivity index (χ2n) is 5.07. The SMILES string of the molecule is CS(=O)(=O)NC[C@H]1CCN(C2CSCCSC2)C1. The van der Waals surface area contributed by atoms with Crippen molar-refractivity contribution in [2.75, 3.05) is 48.9 Å². The molecule has 0 spiro atoms. The van der Waals surface area contributed by atoms with Crippen molar-refractivity contribution in [1.82, 2.24) is 9.62 Å². The van der Waals surface area contributed by atoms with Crippen LogP contribution in [0.2, 0.25) is 0 Å². The minimum atomic E-state index is -3.04. The molecule has 2 aliphatic rings. The molecule has 2 fully saturated rings. The molecule has 4 nitrogen and oxygen atoms in total. The van der Waals surface area contributed by atoms with Gasteiger partial charge in [0, 0.05) is 42.1 Å². The fraction of sp³-hybridized carbons (Fsp3) is 1.00. The highest BCUT2D eigenvalue weighted by atomic mass is 32.2. The Morgan fingerprint density at radius 3 is 2.56 bits per heavy atom. The minimum absolute atomic E-state index is 0.484. The summed E-state index contributed by atoms with van der Waals surface area (Å²) in [5, 5.41) is 0. The van der Waals surface area contributed by atoms with Gasteiger partial charge in [-0.05, 0) is 18.9 Å². The highest BCUT2D eigenvalue weighted by Crippen LogP contribution is 2.25. The minimum Gasteiger partial charge on any atom is -0.298 e. The van der Waals surface area contributed by atoms with Crippen LogP contribution in [0.25, 0.3) is 0 Å². The van der Waals surface area contributed by atoms with Crippen LogP contribution in [-0.2, 0) is 10.0 Å². The summed E-state index contributed by atoms with van der Waals surface area (Å²) in [7, 11) is -3.04. The van der Waals surface area contributed by atoms with Crippen LogP contribution in [0.1, 0.15) is 6.42 Å². The molecule has 0 bridgehead atoms. The summed E-state index contributed by atoms with van der Waals surface area (Å²) in [6, 6.07) is 0.686. The zero-order chi connectivity index (χ0) is 13.0. The van der Waals surface area contributed by atoms with Crippen LogP contribution in [-0.4, -0.2) is 68.3 Å². The monoisotopic (exact) mass is 310 g/mol. The smallest absolute Gasteiger partial charge is 0.208 e. The van der Waals surface area contributed by atoms with Crippen molar-refractivity contribution in [3.63, 3.8) is 0 Å². The van der Waals surface area contributed by atoms with Gasteiger partial charge in [-0.3, -0.25) is 4.90 Å². The summed E-state index contributed by atoms with van der Waals surface area (Å²) < 4.78 is 24.8. The largest absolute Gasteiger partial charge is 0.298 e. The predicted octanol–water partition coefficient (Wildman–Crippen LogP) is 0.706. The molecule has 0 aromatic heterocycles. The lowest BCUT2D eigenvalue weighted by Crippen LogP contribution is -2.38. The van der Waals surface area contributed by atoms with Crippen LogP contribution in [0.5, 0.6) is 0 Å². The normalized spacial score (nSPS) is 28.4. The maximum absolute atomic E-state index is 11.1. The summed E-state index contributed by atoms with van der Waals surface area (Å²) in [5.74, 6) is 5.50. The maximum Gasteiger partial charge on any atom is 0.208 e. The van der Waals surface area contributed by atoms with E-state index in [2.05, 4.69) is 33.1 Å². The Bertz CT molecular complexity index is 353. The zero-order valence-electron chi connectivity index (χ0n) is 10.8. The van der Waals surface area contributed by atoms with Crippen molar-refractivity contribution in [3.05, 3.63) is 0 Å². The van der Waals surface area contributed by atoms with Crippen molar-refractivity contribution in [2.24, 2.45) is 5.92 Å². The van der Waals surface area contributed by atoms with Crippen molar-refractivity contribution in [3.8, 4) is 0 Å². The Balaban J connectivity index is 1.76. The van der Waals surface area contributed by atoms with Gasteiger partial charge in [0.1, 0.15) is 0 Å². The van der Waals surface area contributed by atoms with E-state index in [4.69, 9.17) is 0 Å². The van der Waals surface area contributed by atoms with Gasteiger partial charge < -0.3 is 0 Å². The van der Waals surface area contributed by atoms with Crippen LogP contribution >= 0.6 is 23.5 Å². The van der Waals surface area contributed by atoms with E-state index in [9.17, 15) is 8.42 Å². The number of rotatable bonds is 4. The molecule has 0 aliphatic carbocycles. The third kappa shape index (κ3) is 4.92. The van der Waals surface area contributed by atoms with Crippen molar-refractivity contribution in [2.45, 2.75) is 12.5 Å². The van der Waals surface area contributed by atoms with Crippen LogP contribution in [0.3, 0.4) is 0 Å². The third-order valence-corrected chi connectivity index (χ3v) is 6.64. The molecule has 0 saturated carbocycles. The molecular formula is C11H22N2O2S3. The molecule has 106 valence electrons. The van der Waals surface area contributed by atoms with Gasteiger partial charge in [-0.1, -0.05) is 0 Å². The van der Waals surface area contributed by atoms with Gasteiger partial charge >= 0.3 is 0 Å². The lowest BCUT2D eigenvalue weighted by molar-refractivity contribution is 0.273. The van der Waals surface area contributed by atoms with E-state index in [1.807, 2.05) is 0 Å². The lowest BCUT2D eigenvalue weighted by Gasteiger charge is -2.26. The van der Waals surface area contributed by atoms with E-state index in [0.717, 1.165) is 19.5 Å². The Morgan fingerprint density at radius 1 is 1.28 bits per heavy atom. The first-order valence-corrected chi connectivity index (χ1v) is 10.6. The second kappa shape index (κ2) is 6.83. The number of sulfonamides is 1. The standard InChI is InChI=1S/C11H22N2O2S3/c1-18(14,15)12-6-10-2-3-13(7-10)11-8-16-4-5-17-9-11/h10-12H,2-9H2,1H3/t10-/m1/s1. The third-order valence-electron chi connectivity index (χ3n) is 3.46. The van der Waals surface area contributed by atoms with Crippen molar-refractivity contribution in [1.29, 1.82) is 0 Å². The number of thioether (sulfide) groups is 2. The molecule has 1 atom stereocenters. The zero-order valence-corrected chi connectivity index (χ0v) is 13.2. The predicted molar refractivity (Wildman–Crippen MR) is 81.0 cm³/mol. The molecule has 0 aromatic rings. The van der Waals surface area contributed by atoms with Gasteiger partial charge in [-0.15, -0.1) is 0 Å². The van der Waals surface area contributed by atoms with Gasteiger partial charge in [0.2, 0.25) is 10.0 Å². The summed E-state index contributed by atoms with van der Waals surface area (Å²) in [6.45, 7) is 2.78. The fourth-order valence-corrected chi connectivity index (χ4v) is 5.61. The van der Waals surface area contributed by atoms with E-state index in [0.29, 0.717) is 18.5 Å². The van der Waals surface area contributed by atoms with Gasteiger partial charge in [-0.25, -0.2) is 13.1 Å². The summed E-state index contributed by atoms with van der Waals surface area (Å²) in [5.41, 5.74) is 0. The molecule has 0 amide bonds. The quantitative estimate of drug-likeness (QED) is 0.829. The Morgan fingerprint density at radius 2 is 1.94 bits per heavy atom. The van der Waals surface area contributed by atoms with Gasteiger partial charge in [-0.2, -0.15) is 23.5 Å². The molecular weight excluding hydrogens is 288 g/mol. The summed E-state index contributed by atoms with van der Waals surface area (Å²) in [6.07, 6.45) is 2.35. The lowest BCUT2D eigenvalue weighted by atomic mass is 10.1. The molecule has 2 saturated heterocycles. The molecule has 0 aromatic carbocycles. The van der Waals surface area contributed by atoms with E-state index in [-0.39, 0.29) is 0 Å². The molecule has 0 radical (unpaired) electrons. The topological polar surface area (TPSA) is 49.4 Å². The number of hydrogen-bond acceptors (Lipinski definition) is 5. The fourth-order valence-electron chi connectivity index (χ4n) is 2.45. The average molecular weight is 311 g/mol. The highest BCUT2D eigenvalue weighted by molar-refractivity contribution is 8.03. The first-order chi connectivity index (χ1) is 8.54. The van der Waals surface area contributed by atoms with Gasteiger partial charge in [0.15, 0.2) is 0 Å². The molecule has 2 rings (SSSR count). The van der Waals surface area contributed by atoms with Crippen molar-refractivity contribution < 1.29 is 8.42 Å². The van der Waals surface area contributed by atoms with Crippen LogP contribution < -0.4 is 4.72 Å². The van der Waals surface area contributed by atoms with Gasteiger partial charge in [0.05, 0.1) is 6.26 Å². The van der Waals surface area contributed by atoms with Crippen LogP contribution in [0.15, 0.2) is 0 Å². The molecule has 18 heavy (non-hydrogen) atoms. The Kier molecular flexibility index (Phi) is 5.68. The number of hydrogen-bond donors (Lipinski definition) is 1. The van der Waals surface area contributed by atoms with E-state index in [1.165, 1.54) is 29.3 Å². The molecule has 0 unspecified atom stereocenters. The van der Waals surface area contributed by atoms with E-state index >= 15 is 0 Å². The Hall–Kier alpha value is 0.570. The first kappa shape index (κ1) is 15.0. The summed E-state index contributed by atoms with van der Waals surface area (Å²) in [4.78, 5) is 2.56. The van der Waals surface area contributed by atoms with E-state index in [1.54, 1.807) is 0 Å². The van der Waals surface area contributed by atoms with E-state index < -0.39 is 10.0 Å². The molecule has 7 heteroatoms. The number of likely N-dealkylation sites (tertiary alicyclic amines) is 1. The van der Waals surface area contributed by atoms with Gasteiger partial charge in [0.25, 0.3) is 0 Å². The molecule has 1 N–H and O–H groups in total. The second-order valence-corrected chi connectivity index (χ2v) is 9.21. The number of nitrogens with one attached hydrogen (secondary N) is 1. The summed E-state index contributed by atoms with van der Waals surface area (Å²) >= 11 is 4.11.